The van der Waals surface area contributed by atoms with Crippen molar-refractivity contribution in [1.82, 2.24) is 0 Å². The van der Waals surface area contributed by atoms with E-state index in [2.05, 4.69) is 21.3 Å². The number of alkyl halides is 1. The number of hydrogen-bond donors (Lipinski definition) is 0. The lowest BCUT2D eigenvalue weighted by Gasteiger charge is -1.90. The maximum Gasteiger partial charge on any atom is 0.384 e. The monoisotopic (exact) mass is 160 g/mol. The van der Waals surface area contributed by atoms with Gasteiger partial charge in [-0.25, -0.2) is 9.18 Å². The van der Waals surface area contributed by atoms with Crippen molar-refractivity contribution in [2.75, 3.05) is 27.0 Å². The van der Waals surface area contributed by atoms with Gasteiger partial charge in [0.1, 0.15) is 13.3 Å². The Balaban J connectivity index is 3.32. The summed E-state index contributed by atoms with van der Waals surface area (Å²) in [5, 5.41) is 0. The lowest BCUT2D eigenvalue weighted by molar-refractivity contribution is -0.133. The molecule has 0 radical (unpaired) electrons. The van der Waals surface area contributed by atoms with Crippen LogP contribution >= 0.6 is 0 Å². The van der Waals surface area contributed by atoms with Crippen LogP contribution in [0.2, 0.25) is 0 Å². The first-order valence-electron chi connectivity index (χ1n) is 3.01. The fraction of sp³-hybridized carbons (Fsp3) is 0.571. The van der Waals surface area contributed by atoms with Gasteiger partial charge in [0.05, 0.1) is 13.7 Å². The number of carbonyl (C=O) groups is 1. The van der Waals surface area contributed by atoms with Crippen LogP contribution < -0.4 is 0 Å². The standard InChI is InChI=1S/C7H9FO3/c1-10-7(9)3-2-5-11-6-4-8/h4-6H2,1H3. The smallest absolute Gasteiger partial charge is 0.384 e. The number of halogens is 1. The molecule has 3 nitrogen and oxygen atoms in total. The summed E-state index contributed by atoms with van der Waals surface area (Å²) in [6.45, 7) is -0.477. The van der Waals surface area contributed by atoms with Crippen LogP contribution in [0.25, 0.3) is 0 Å². The highest BCUT2D eigenvalue weighted by Gasteiger charge is 1.87. The quantitative estimate of drug-likeness (QED) is 0.255. The minimum absolute atomic E-state index is 0.00977. The van der Waals surface area contributed by atoms with Crippen molar-refractivity contribution in [3.8, 4) is 11.8 Å². The number of esters is 1. The molecule has 0 rings (SSSR count). The Bertz CT molecular complexity index is 168. The molecular formula is C7H9FO3. The van der Waals surface area contributed by atoms with E-state index in [0.717, 1.165) is 0 Å². The van der Waals surface area contributed by atoms with E-state index in [4.69, 9.17) is 0 Å². The largest absolute Gasteiger partial charge is 0.459 e. The molecule has 0 unspecified atom stereocenters. The normalized spacial score (nSPS) is 8.18. The third kappa shape index (κ3) is 6.81. The van der Waals surface area contributed by atoms with Gasteiger partial charge in [-0.2, -0.15) is 0 Å². The molecular weight excluding hydrogens is 151 g/mol. The average Bonchev–Trinajstić information content (AvgIpc) is 2.04. The van der Waals surface area contributed by atoms with Gasteiger partial charge >= 0.3 is 5.97 Å². The van der Waals surface area contributed by atoms with Gasteiger partial charge in [-0.15, -0.1) is 0 Å². The molecule has 0 aromatic heterocycles. The maximum atomic E-state index is 11.4. The van der Waals surface area contributed by atoms with Crippen molar-refractivity contribution < 1.29 is 18.7 Å². The van der Waals surface area contributed by atoms with E-state index in [-0.39, 0.29) is 13.2 Å². The Morgan fingerprint density at radius 1 is 1.64 bits per heavy atom. The van der Waals surface area contributed by atoms with Crippen LogP contribution in [0.15, 0.2) is 0 Å². The van der Waals surface area contributed by atoms with E-state index in [1.54, 1.807) is 0 Å². The van der Waals surface area contributed by atoms with Gasteiger partial charge in [-0.1, -0.05) is 5.92 Å². The molecule has 0 saturated carbocycles. The topological polar surface area (TPSA) is 35.5 Å². The molecule has 0 fully saturated rings. The Morgan fingerprint density at radius 2 is 2.36 bits per heavy atom. The van der Waals surface area contributed by atoms with Crippen LogP contribution in [-0.2, 0) is 14.3 Å². The van der Waals surface area contributed by atoms with E-state index in [9.17, 15) is 9.18 Å². The molecule has 0 aliphatic heterocycles. The Kier molecular flexibility index (Phi) is 6.34. The fourth-order valence-corrected chi connectivity index (χ4v) is 0.337. The molecule has 0 saturated heterocycles. The van der Waals surface area contributed by atoms with E-state index in [0.29, 0.717) is 0 Å². The predicted molar refractivity (Wildman–Crippen MR) is 36.6 cm³/mol. The summed E-state index contributed by atoms with van der Waals surface area (Å²) in [7, 11) is 1.24. The first-order valence-corrected chi connectivity index (χ1v) is 3.01. The lowest BCUT2D eigenvalue weighted by Crippen LogP contribution is -1.98. The molecule has 0 amide bonds. The molecule has 0 spiro atoms. The highest BCUT2D eigenvalue weighted by molar-refractivity contribution is 5.88. The van der Waals surface area contributed by atoms with E-state index in [1.165, 1.54) is 7.11 Å². The lowest BCUT2D eigenvalue weighted by atomic mass is 10.6. The van der Waals surface area contributed by atoms with E-state index in [1.807, 2.05) is 0 Å². The zero-order valence-corrected chi connectivity index (χ0v) is 6.22. The van der Waals surface area contributed by atoms with Crippen LogP contribution in [0, 0.1) is 11.8 Å². The van der Waals surface area contributed by atoms with Gasteiger partial charge < -0.3 is 9.47 Å². The first-order chi connectivity index (χ1) is 5.31. The van der Waals surface area contributed by atoms with Gasteiger partial charge in [0, 0.05) is 5.92 Å². The molecule has 0 bridgehead atoms. The Hall–Kier alpha value is -1.08. The maximum absolute atomic E-state index is 11.4. The molecule has 0 aliphatic rings. The Labute approximate surface area is 64.5 Å². The minimum atomic E-state index is -0.617. The van der Waals surface area contributed by atoms with Crippen molar-refractivity contribution >= 4 is 5.97 Å². The summed E-state index contributed by atoms with van der Waals surface area (Å²) in [5.74, 6) is 3.87. The van der Waals surface area contributed by atoms with Crippen molar-refractivity contribution in [1.29, 1.82) is 0 Å². The van der Waals surface area contributed by atoms with Crippen molar-refractivity contribution in [2.45, 2.75) is 0 Å². The summed E-state index contributed by atoms with van der Waals surface area (Å²) in [6.07, 6.45) is 0. The van der Waals surface area contributed by atoms with Gasteiger partial charge in [0.15, 0.2) is 0 Å². The van der Waals surface area contributed by atoms with E-state index < -0.39 is 12.6 Å². The molecule has 0 atom stereocenters. The highest BCUT2D eigenvalue weighted by Crippen LogP contribution is 1.74. The van der Waals surface area contributed by atoms with Crippen LogP contribution in [0.5, 0.6) is 0 Å². The molecule has 11 heavy (non-hydrogen) atoms. The zero-order valence-electron chi connectivity index (χ0n) is 6.22. The van der Waals surface area contributed by atoms with Crippen molar-refractivity contribution in [3.63, 3.8) is 0 Å². The second-order valence-corrected chi connectivity index (χ2v) is 1.53. The van der Waals surface area contributed by atoms with Gasteiger partial charge in [-0.05, 0) is 0 Å². The molecule has 62 valence electrons. The molecule has 0 aliphatic carbocycles. The second-order valence-electron chi connectivity index (χ2n) is 1.53. The first kappa shape index (κ1) is 9.92. The third-order valence-corrected chi connectivity index (χ3v) is 0.772. The molecule has 0 N–H and O–H groups in total. The zero-order chi connectivity index (χ0) is 8.53. The summed E-state index contributed by atoms with van der Waals surface area (Å²) in [5.41, 5.74) is 0. The summed E-state index contributed by atoms with van der Waals surface area (Å²) in [6, 6.07) is 0. The fourth-order valence-electron chi connectivity index (χ4n) is 0.337. The molecule has 4 heteroatoms. The summed E-state index contributed by atoms with van der Waals surface area (Å²) >= 11 is 0. The third-order valence-electron chi connectivity index (χ3n) is 0.772. The van der Waals surface area contributed by atoms with Gasteiger partial charge in [0.25, 0.3) is 0 Å². The summed E-state index contributed by atoms with van der Waals surface area (Å²) in [4.78, 5) is 10.3. The Morgan fingerprint density at radius 3 is 2.91 bits per heavy atom. The SMILES string of the molecule is COC(=O)C#CCOCCF. The average molecular weight is 160 g/mol. The number of methoxy groups -OCH3 is 1. The highest BCUT2D eigenvalue weighted by atomic mass is 19.1. The summed E-state index contributed by atoms with van der Waals surface area (Å²) < 4.78 is 20.2. The molecule has 0 heterocycles. The van der Waals surface area contributed by atoms with Crippen LogP contribution in [0.4, 0.5) is 4.39 Å². The number of hydrogen-bond acceptors (Lipinski definition) is 3. The van der Waals surface area contributed by atoms with Gasteiger partial charge in [0.2, 0.25) is 0 Å². The van der Waals surface area contributed by atoms with E-state index >= 15 is 0 Å². The molecule has 0 aromatic carbocycles. The number of ether oxygens (including phenoxy) is 2. The number of carbonyl (C=O) groups excluding carboxylic acids is 1. The van der Waals surface area contributed by atoms with Crippen molar-refractivity contribution in [3.05, 3.63) is 0 Å². The van der Waals surface area contributed by atoms with Crippen LogP contribution in [-0.4, -0.2) is 33.0 Å². The van der Waals surface area contributed by atoms with Crippen LogP contribution in [0.1, 0.15) is 0 Å². The number of rotatable bonds is 3. The minimum Gasteiger partial charge on any atom is -0.459 e. The molecule has 0 aromatic rings. The van der Waals surface area contributed by atoms with Crippen molar-refractivity contribution in [2.24, 2.45) is 0 Å². The second kappa shape index (κ2) is 7.03. The van der Waals surface area contributed by atoms with Gasteiger partial charge in [-0.3, -0.25) is 0 Å². The predicted octanol–water partition coefficient (Wildman–Crippen LogP) is 0.149. The van der Waals surface area contributed by atoms with Crippen LogP contribution in [0.3, 0.4) is 0 Å².